The predicted octanol–water partition coefficient (Wildman–Crippen LogP) is 1.43. The summed E-state index contributed by atoms with van der Waals surface area (Å²) in [5.41, 5.74) is 8.40. The largest absolute Gasteiger partial charge is 0.374 e. The number of aromatic nitrogens is 4. The molecule has 2 aromatic rings. The second kappa shape index (κ2) is 6.76. The van der Waals surface area contributed by atoms with Crippen LogP contribution in [-0.4, -0.2) is 45.5 Å². The molecule has 24 heavy (non-hydrogen) atoms. The smallest absolute Gasteiger partial charge is 0.222 e. The summed E-state index contributed by atoms with van der Waals surface area (Å²) in [6.45, 7) is 3.28. The highest BCUT2D eigenvalue weighted by Gasteiger charge is 2.25. The van der Waals surface area contributed by atoms with Gasteiger partial charge in [-0.25, -0.2) is 4.98 Å². The fourth-order valence-electron chi connectivity index (χ4n) is 3.67. The maximum absolute atomic E-state index is 6.03. The van der Waals surface area contributed by atoms with Gasteiger partial charge in [-0.2, -0.15) is 10.1 Å². The Morgan fingerprint density at radius 3 is 3.00 bits per heavy atom. The van der Waals surface area contributed by atoms with Gasteiger partial charge >= 0.3 is 0 Å². The first-order chi connectivity index (χ1) is 11.8. The first-order valence-electron chi connectivity index (χ1n) is 8.79. The number of aryl methyl sites for hydroxylation is 1. The second-order valence-corrected chi connectivity index (χ2v) is 6.56. The molecule has 1 saturated heterocycles. The number of nitrogen functional groups attached to an aromatic ring is 1. The Morgan fingerprint density at radius 2 is 2.12 bits per heavy atom. The summed E-state index contributed by atoms with van der Waals surface area (Å²) < 4.78 is 7.95. The second-order valence-electron chi connectivity index (χ2n) is 6.56. The van der Waals surface area contributed by atoms with Crippen molar-refractivity contribution in [2.24, 2.45) is 0 Å². The van der Waals surface area contributed by atoms with Gasteiger partial charge in [0.25, 0.3) is 0 Å². The van der Waals surface area contributed by atoms with E-state index in [0.717, 1.165) is 57.0 Å². The fraction of sp³-hybridized carbons (Fsp3) is 0.588. The van der Waals surface area contributed by atoms with Crippen molar-refractivity contribution in [3.05, 3.63) is 29.7 Å². The molecule has 0 amide bonds. The number of fused-ring (bicyclic) bond motifs is 1. The van der Waals surface area contributed by atoms with Crippen LogP contribution in [-0.2, 0) is 24.1 Å². The Balaban J connectivity index is 1.59. The molecule has 3 heterocycles. The molecule has 0 aromatic carbocycles. The van der Waals surface area contributed by atoms with Crippen LogP contribution in [0.5, 0.6) is 0 Å². The van der Waals surface area contributed by atoms with Gasteiger partial charge in [0.15, 0.2) is 0 Å². The van der Waals surface area contributed by atoms with Gasteiger partial charge in [0.05, 0.1) is 18.3 Å². The van der Waals surface area contributed by atoms with Crippen molar-refractivity contribution in [3.8, 4) is 0 Å². The van der Waals surface area contributed by atoms with Crippen LogP contribution in [0, 0.1) is 0 Å². The van der Waals surface area contributed by atoms with Crippen LogP contribution in [0.2, 0.25) is 0 Å². The van der Waals surface area contributed by atoms with E-state index >= 15 is 0 Å². The first kappa shape index (κ1) is 15.4. The molecule has 2 N–H and O–H groups in total. The third-order valence-electron chi connectivity index (χ3n) is 4.78. The summed E-state index contributed by atoms with van der Waals surface area (Å²) in [7, 11) is 0. The highest BCUT2D eigenvalue weighted by molar-refractivity contribution is 5.53. The maximum Gasteiger partial charge on any atom is 0.222 e. The summed E-state index contributed by atoms with van der Waals surface area (Å²) in [5, 5.41) is 4.30. The van der Waals surface area contributed by atoms with E-state index in [1.165, 1.54) is 18.4 Å². The predicted molar refractivity (Wildman–Crippen MR) is 91.9 cm³/mol. The van der Waals surface area contributed by atoms with Crippen LogP contribution in [0.4, 0.5) is 11.8 Å². The van der Waals surface area contributed by atoms with Gasteiger partial charge in [-0.15, -0.1) is 0 Å². The number of rotatable bonds is 3. The average Bonchev–Trinajstić information content (AvgIpc) is 2.98. The van der Waals surface area contributed by atoms with Crippen molar-refractivity contribution in [1.82, 2.24) is 19.7 Å². The SMILES string of the molecule is Nc1nc2c(c(N3CCCO[C@H](Cn4cccn4)C3)n1)CCCC2. The quantitative estimate of drug-likeness (QED) is 0.918. The Labute approximate surface area is 141 Å². The van der Waals surface area contributed by atoms with Gasteiger partial charge in [0.2, 0.25) is 5.95 Å². The van der Waals surface area contributed by atoms with Gasteiger partial charge in [0.1, 0.15) is 5.82 Å². The van der Waals surface area contributed by atoms with Crippen molar-refractivity contribution in [1.29, 1.82) is 0 Å². The molecule has 7 heteroatoms. The Kier molecular flexibility index (Phi) is 4.34. The van der Waals surface area contributed by atoms with E-state index in [-0.39, 0.29) is 6.10 Å². The lowest BCUT2D eigenvalue weighted by atomic mass is 9.96. The number of anilines is 2. The summed E-state index contributed by atoms with van der Waals surface area (Å²) >= 11 is 0. The van der Waals surface area contributed by atoms with Crippen LogP contribution in [0.15, 0.2) is 18.5 Å². The average molecular weight is 328 g/mol. The summed E-state index contributed by atoms with van der Waals surface area (Å²) in [6.07, 6.45) is 9.32. The molecule has 2 aromatic heterocycles. The highest BCUT2D eigenvalue weighted by Crippen LogP contribution is 2.29. The zero-order valence-electron chi connectivity index (χ0n) is 13.9. The van der Waals surface area contributed by atoms with E-state index in [4.69, 9.17) is 10.5 Å². The molecule has 2 aliphatic rings. The van der Waals surface area contributed by atoms with Crippen LogP contribution >= 0.6 is 0 Å². The molecular formula is C17H24N6O. The molecule has 1 aliphatic heterocycles. The highest BCUT2D eigenvalue weighted by atomic mass is 16.5. The standard InChI is InChI=1S/C17H24N6O/c18-17-20-15-6-2-1-5-14(15)16(21-17)22-8-4-10-24-13(11-22)12-23-9-3-7-19-23/h3,7,9,13H,1-2,4-6,8,10-12H2,(H2,18,20,21)/t13-/m0/s1. The van der Waals surface area contributed by atoms with Crippen molar-refractivity contribution < 1.29 is 4.74 Å². The minimum Gasteiger partial charge on any atom is -0.374 e. The van der Waals surface area contributed by atoms with Crippen molar-refractivity contribution in [3.63, 3.8) is 0 Å². The van der Waals surface area contributed by atoms with E-state index in [9.17, 15) is 0 Å². The van der Waals surface area contributed by atoms with E-state index in [0.29, 0.717) is 5.95 Å². The third kappa shape index (κ3) is 3.21. The lowest BCUT2D eigenvalue weighted by Gasteiger charge is -2.29. The molecule has 0 radical (unpaired) electrons. The normalized spacial score (nSPS) is 21.3. The monoisotopic (exact) mass is 328 g/mol. The Hall–Kier alpha value is -2.15. The molecule has 1 atom stereocenters. The lowest BCUT2D eigenvalue weighted by molar-refractivity contribution is 0.0543. The molecule has 0 bridgehead atoms. The van der Waals surface area contributed by atoms with E-state index in [1.807, 2.05) is 16.9 Å². The molecular weight excluding hydrogens is 304 g/mol. The summed E-state index contributed by atoms with van der Waals surface area (Å²) in [5.74, 6) is 1.41. The fourth-order valence-corrected chi connectivity index (χ4v) is 3.67. The zero-order chi connectivity index (χ0) is 16.4. The van der Waals surface area contributed by atoms with Crippen molar-refractivity contribution >= 4 is 11.8 Å². The Bertz CT molecular complexity index is 687. The van der Waals surface area contributed by atoms with Crippen LogP contribution in [0.1, 0.15) is 30.5 Å². The molecule has 0 spiro atoms. The summed E-state index contributed by atoms with van der Waals surface area (Å²) in [6, 6.07) is 1.94. The van der Waals surface area contributed by atoms with Crippen molar-refractivity contribution in [2.45, 2.75) is 44.8 Å². The molecule has 128 valence electrons. The van der Waals surface area contributed by atoms with Crippen LogP contribution in [0.25, 0.3) is 0 Å². The number of ether oxygens (including phenoxy) is 1. The van der Waals surface area contributed by atoms with Gasteiger partial charge in [-0.1, -0.05) is 0 Å². The Morgan fingerprint density at radius 1 is 1.21 bits per heavy atom. The van der Waals surface area contributed by atoms with Crippen molar-refractivity contribution in [2.75, 3.05) is 30.3 Å². The van der Waals surface area contributed by atoms with E-state index in [1.54, 1.807) is 6.20 Å². The number of nitrogens with zero attached hydrogens (tertiary/aromatic N) is 5. The molecule has 0 unspecified atom stereocenters. The topological polar surface area (TPSA) is 82.1 Å². The molecule has 0 saturated carbocycles. The number of nitrogens with two attached hydrogens (primary N) is 1. The molecule has 4 rings (SSSR count). The first-order valence-corrected chi connectivity index (χ1v) is 8.79. The van der Waals surface area contributed by atoms with Gasteiger partial charge < -0.3 is 15.4 Å². The maximum atomic E-state index is 6.03. The third-order valence-corrected chi connectivity index (χ3v) is 4.78. The van der Waals surface area contributed by atoms with Gasteiger partial charge in [-0.3, -0.25) is 4.68 Å². The zero-order valence-corrected chi connectivity index (χ0v) is 13.9. The van der Waals surface area contributed by atoms with E-state index in [2.05, 4.69) is 20.0 Å². The minimum absolute atomic E-state index is 0.0998. The molecule has 1 fully saturated rings. The van der Waals surface area contributed by atoms with E-state index < -0.39 is 0 Å². The summed E-state index contributed by atoms with van der Waals surface area (Å²) in [4.78, 5) is 11.4. The number of hydrogen-bond donors (Lipinski definition) is 1. The molecule has 7 nitrogen and oxygen atoms in total. The molecule has 1 aliphatic carbocycles. The number of hydrogen-bond acceptors (Lipinski definition) is 6. The minimum atomic E-state index is 0.0998. The lowest BCUT2D eigenvalue weighted by Crippen LogP contribution is -2.36. The van der Waals surface area contributed by atoms with Crippen LogP contribution < -0.4 is 10.6 Å². The van der Waals surface area contributed by atoms with Gasteiger partial charge in [-0.05, 0) is 38.2 Å². The van der Waals surface area contributed by atoms with Crippen LogP contribution in [0.3, 0.4) is 0 Å². The van der Waals surface area contributed by atoms with Gasteiger partial charge in [0, 0.05) is 37.7 Å².